The molecule has 0 radical (unpaired) electrons. The third-order valence-electron chi connectivity index (χ3n) is 3.29. The second-order valence-electron chi connectivity index (χ2n) is 5.03. The van der Waals surface area contributed by atoms with Crippen LogP contribution < -0.4 is 16.0 Å². The van der Waals surface area contributed by atoms with Crippen LogP contribution in [-0.2, 0) is 6.61 Å². The van der Waals surface area contributed by atoms with Crippen molar-refractivity contribution in [1.82, 2.24) is 9.97 Å². The lowest BCUT2D eigenvalue weighted by molar-refractivity contribution is 0.295. The average Bonchev–Trinajstić information content (AvgIpc) is 2.56. The monoisotopic (exact) mass is 348 g/mol. The van der Waals surface area contributed by atoms with Gasteiger partial charge in [0.2, 0.25) is 5.82 Å². The summed E-state index contributed by atoms with van der Waals surface area (Å²) >= 11 is 12.3. The molecular weight excluding hydrogens is 335 g/mol. The number of nitrogen functional groups attached to an aromatic ring is 1. The lowest BCUT2D eigenvalue weighted by Crippen LogP contribution is -2.12. The number of benzene rings is 2. The third-order valence-corrected chi connectivity index (χ3v) is 3.90. The minimum Gasteiger partial charge on any atom is -0.470 e. The highest BCUT2D eigenvalue weighted by Gasteiger charge is 2.14. The number of nitrogens with two attached hydrogens (primary N) is 1. The number of aromatic nitrogens is 2. The molecule has 1 aromatic heterocycles. The molecule has 0 atom stereocenters. The first kappa shape index (κ1) is 15.8. The SMILES string of the molecule is Cc1cccc(COc2nc3c(Cl)ccc(Cl)c3nc2NN)c1. The van der Waals surface area contributed by atoms with Crippen LogP contribution in [0.15, 0.2) is 36.4 Å². The van der Waals surface area contributed by atoms with Gasteiger partial charge < -0.3 is 10.2 Å². The van der Waals surface area contributed by atoms with Crippen molar-refractivity contribution in [3.63, 3.8) is 0 Å². The van der Waals surface area contributed by atoms with Crippen LogP contribution in [0.1, 0.15) is 11.1 Å². The van der Waals surface area contributed by atoms with Gasteiger partial charge in [-0.25, -0.2) is 15.8 Å². The minimum absolute atomic E-state index is 0.269. The van der Waals surface area contributed by atoms with Crippen LogP contribution in [0.3, 0.4) is 0 Å². The number of hydrogen-bond donors (Lipinski definition) is 2. The summed E-state index contributed by atoms with van der Waals surface area (Å²) < 4.78 is 5.75. The Morgan fingerprint density at radius 2 is 1.78 bits per heavy atom. The number of nitrogens with one attached hydrogen (secondary N) is 1. The molecule has 0 unspecified atom stereocenters. The van der Waals surface area contributed by atoms with Crippen molar-refractivity contribution in [2.45, 2.75) is 13.5 Å². The van der Waals surface area contributed by atoms with Crippen molar-refractivity contribution in [3.05, 3.63) is 57.6 Å². The smallest absolute Gasteiger partial charge is 0.259 e. The van der Waals surface area contributed by atoms with E-state index in [1.54, 1.807) is 12.1 Å². The van der Waals surface area contributed by atoms with Crippen LogP contribution in [0.2, 0.25) is 10.0 Å². The van der Waals surface area contributed by atoms with E-state index in [9.17, 15) is 0 Å². The van der Waals surface area contributed by atoms with Gasteiger partial charge in [-0.05, 0) is 24.6 Å². The molecule has 118 valence electrons. The van der Waals surface area contributed by atoms with Crippen molar-refractivity contribution in [3.8, 4) is 5.88 Å². The van der Waals surface area contributed by atoms with Crippen molar-refractivity contribution in [1.29, 1.82) is 0 Å². The molecule has 1 heterocycles. The van der Waals surface area contributed by atoms with E-state index in [-0.39, 0.29) is 5.88 Å². The number of ether oxygens (including phenoxy) is 1. The largest absolute Gasteiger partial charge is 0.470 e. The molecule has 0 fully saturated rings. The zero-order valence-corrected chi connectivity index (χ0v) is 13.8. The highest BCUT2D eigenvalue weighted by Crippen LogP contribution is 2.31. The van der Waals surface area contributed by atoms with Crippen LogP contribution in [0.5, 0.6) is 5.88 Å². The van der Waals surface area contributed by atoms with Gasteiger partial charge in [0.1, 0.15) is 17.6 Å². The Kier molecular flexibility index (Phi) is 4.52. The molecule has 2 aromatic carbocycles. The van der Waals surface area contributed by atoms with Crippen molar-refractivity contribution >= 4 is 40.1 Å². The number of halogens is 2. The molecule has 0 bridgehead atoms. The summed E-state index contributed by atoms with van der Waals surface area (Å²) in [6.45, 7) is 2.36. The van der Waals surface area contributed by atoms with Crippen LogP contribution in [0.4, 0.5) is 5.82 Å². The fourth-order valence-electron chi connectivity index (χ4n) is 2.21. The van der Waals surface area contributed by atoms with Crippen LogP contribution in [-0.4, -0.2) is 9.97 Å². The predicted octanol–water partition coefficient (Wildman–Crippen LogP) is 4.11. The molecule has 3 N–H and O–H groups in total. The Balaban J connectivity index is 1.98. The number of hydrazine groups is 1. The van der Waals surface area contributed by atoms with Crippen LogP contribution in [0.25, 0.3) is 11.0 Å². The van der Waals surface area contributed by atoms with Crippen molar-refractivity contribution in [2.75, 3.05) is 5.43 Å². The molecule has 0 saturated carbocycles. The zero-order valence-electron chi connectivity index (χ0n) is 12.3. The molecule has 7 heteroatoms. The minimum atomic E-state index is 0.269. The second-order valence-corrected chi connectivity index (χ2v) is 5.84. The maximum absolute atomic E-state index is 6.17. The first-order valence-electron chi connectivity index (χ1n) is 6.89. The van der Waals surface area contributed by atoms with Crippen LogP contribution >= 0.6 is 23.2 Å². The maximum atomic E-state index is 6.17. The molecule has 0 spiro atoms. The Labute approximate surface area is 143 Å². The normalized spacial score (nSPS) is 10.8. The molecule has 5 nitrogen and oxygen atoms in total. The number of rotatable bonds is 4. The second kappa shape index (κ2) is 6.58. The fraction of sp³-hybridized carbons (Fsp3) is 0.125. The van der Waals surface area contributed by atoms with Crippen molar-refractivity contribution < 1.29 is 4.74 Å². The van der Waals surface area contributed by atoms with E-state index >= 15 is 0 Å². The first-order valence-corrected chi connectivity index (χ1v) is 7.65. The lowest BCUT2D eigenvalue weighted by Gasteiger charge is -2.12. The van der Waals surface area contributed by atoms with Gasteiger partial charge in [0.25, 0.3) is 5.88 Å². The molecule has 0 aliphatic carbocycles. The Morgan fingerprint density at radius 1 is 1.09 bits per heavy atom. The molecule has 3 aromatic rings. The quantitative estimate of drug-likeness (QED) is 0.548. The van der Waals surface area contributed by atoms with E-state index in [2.05, 4.69) is 15.4 Å². The lowest BCUT2D eigenvalue weighted by atomic mass is 10.1. The molecule has 0 saturated heterocycles. The van der Waals surface area contributed by atoms with E-state index < -0.39 is 0 Å². The van der Waals surface area contributed by atoms with E-state index in [0.29, 0.717) is 33.5 Å². The summed E-state index contributed by atoms with van der Waals surface area (Å²) in [6, 6.07) is 11.3. The number of fused-ring (bicyclic) bond motifs is 1. The average molecular weight is 349 g/mol. The van der Waals surface area contributed by atoms with E-state index in [0.717, 1.165) is 11.1 Å². The number of nitrogens with zero attached hydrogens (tertiary/aromatic N) is 2. The molecule has 0 amide bonds. The summed E-state index contributed by atoms with van der Waals surface area (Å²) in [5.74, 6) is 6.08. The summed E-state index contributed by atoms with van der Waals surface area (Å²) in [5.41, 5.74) is 5.59. The third kappa shape index (κ3) is 3.32. The summed E-state index contributed by atoms with van der Waals surface area (Å²) in [6.07, 6.45) is 0. The fourth-order valence-corrected chi connectivity index (χ4v) is 2.60. The molecular formula is C16H14Cl2N4O. The van der Waals surface area contributed by atoms with Gasteiger partial charge in [0.05, 0.1) is 10.0 Å². The van der Waals surface area contributed by atoms with E-state index in [1.165, 1.54) is 0 Å². The molecule has 23 heavy (non-hydrogen) atoms. The summed E-state index contributed by atoms with van der Waals surface area (Å²) in [5, 5.41) is 0.888. The Morgan fingerprint density at radius 3 is 2.43 bits per heavy atom. The Bertz CT molecular complexity index is 870. The summed E-state index contributed by atoms with van der Waals surface area (Å²) in [7, 11) is 0. The standard InChI is InChI=1S/C16H14Cl2N4O/c1-9-3-2-4-10(7-9)8-23-16-15(22-19)20-13-11(17)5-6-12(18)14(13)21-16/h2-7H,8,19H2,1H3,(H,20,22). The van der Waals surface area contributed by atoms with Crippen LogP contribution in [0, 0.1) is 6.92 Å². The number of hydrogen-bond acceptors (Lipinski definition) is 5. The molecule has 0 aliphatic rings. The number of aryl methyl sites for hydroxylation is 1. The maximum Gasteiger partial charge on any atom is 0.259 e. The van der Waals surface area contributed by atoms with Crippen molar-refractivity contribution in [2.24, 2.45) is 5.84 Å². The van der Waals surface area contributed by atoms with Gasteiger partial charge >= 0.3 is 0 Å². The first-order chi connectivity index (χ1) is 11.1. The zero-order chi connectivity index (χ0) is 16.4. The highest BCUT2D eigenvalue weighted by atomic mass is 35.5. The van der Waals surface area contributed by atoms with Gasteiger partial charge in [-0.15, -0.1) is 0 Å². The highest BCUT2D eigenvalue weighted by molar-refractivity contribution is 6.39. The van der Waals surface area contributed by atoms with Gasteiger partial charge in [-0.2, -0.15) is 0 Å². The van der Waals surface area contributed by atoms with Gasteiger partial charge in [-0.3, -0.25) is 0 Å². The van der Waals surface area contributed by atoms with E-state index in [1.807, 2.05) is 31.2 Å². The molecule has 3 rings (SSSR count). The van der Waals surface area contributed by atoms with Gasteiger partial charge in [-0.1, -0.05) is 53.0 Å². The Hall–Kier alpha value is -2.08. The summed E-state index contributed by atoms with van der Waals surface area (Å²) in [4.78, 5) is 8.74. The van der Waals surface area contributed by atoms with Gasteiger partial charge in [0, 0.05) is 0 Å². The van der Waals surface area contributed by atoms with Gasteiger partial charge in [0.15, 0.2) is 0 Å². The van der Waals surface area contributed by atoms with E-state index in [4.69, 9.17) is 33.8 Å². The topological polar surface area (TPSA) is 73.1 Å². The number of anilines is 1. The molecule has 0 aliphatic heterocycles. The predicted molar refractivity (Wildman–Crippen MR) is 92.9 cm³/mol.